The van der Waals surface area contributed by atoms with Crippen LogP contribution in [0.4, 0.5) is 0 Å². The summed E-state index contributed by atoms with van der Waals surface area (Å²) < 4.78 is 3.07. The molecule has 3 saturated heterocycles. The molecule has 45 heavy (non-hydrogen) atoms. The Labute approximate surface area is 261 Å². The summed E-state index contributed by atoms with van der Waals surface area (Å²) in [5.74, 6) is -1.42. The number of carboxylic acid groups (broad SMARTS) is 1. The van der Waals surface area contributed by atoms with Gasteiger partial charge in [0.1, 0.15) is 12.1 Å². The monoisotopic (exact) mass is 621 g/mol. The number of imidazole rings is 1. The fraction of sp³-hybridized carbons (Fsp3) is 0.636. The van der Waals surface area contributed by atoms with Crippen molar-refractivity contribution in [3.8, 4) is 0 Å². The summed E-state index contributed by atoms with van der Waals surface area (Å²) in [4.78, 5) is 78.8. The fourth-order valence-electron chi connectivity index (χ4n) is 8.14. The highest BCUT2D eigenvalue weighted by atomic mass is 16.4. The number of benzene rings is 1. The van der Waals surface area contributed by atoms with Crippen molar-refractivity contribution in [2.75, 3.05) is 13.1 Å². The molecule has 1 aliphatic carbocycles. The predicted octanol–water partition coefficient (Wildman–Crippen LogP) is 2.37. The van der Waals surface area contributed by atoms with Crippen LogP contribution in [0, 0.1) is 17.8 Å². The molecular weight excluding hydrogens is 578 g/mol. The van der Waals surface area contributed by atoms with Crippen LogP contribution >= 0.6 is 0 Å². The lowest BCUT2D eigenvalue weighted by Gasteiger charge is -2.37. The maximum atomic E-state index is 13.4. The second kappa shape index (κ2) is 12.4. The molecule has 4 atom stereocenters. The van der Waals surface area contributed by atoms with E-state index in [2.05, 4.69) is 5.32 Å². The molecule has 0 bridgehead atoms. The number of aromatic nitrogens is 2. The van der Waals surface area contributed by atoms with Gasteiger partial charge in [0.05, 0.1) is 17.0 Å². The van der Waals surface area contributed by atoms with E-state index in [1.807, 2.05) is 23.1 Å². The van der Waals surface area contributed by atoms with Crippen molar-refractivity contribution >= 4 is 40.6 Å². The number of carboxylic acids is 1. The van der Waals surface area contributed by atoms with Crippen LogP contribution in [-0.4, -0.2) is 78.8 Å². The van der Waals surface area contributed by atoms with Gasteiger partial charge < -0.3 is 14.9 Å². The van der Waals surface area contributed by atoms with Crippen molar-refractivity contribution < 1.29 is 29.1 Å². The first kappa shape index (κ1) is 31.0. The number of nitrogens with zero attached hydrogens (tertiary/aromatic N) is 4. The lowest BCUT2D eigenvalue weighted by atomic mass is 9.78. The van der Waals surface area contributed by atoms with Crippen LogP contribution < -0.4 is 11.0 Å². The van der Waals surface area contributed by atoms with Gasteiger partial charge in [0, 0.05) is 39.0 Å². The highest BCUT2D eigenvalue weighted by molar-refractivity contribution is 6.00. The molecule has 2 aromatic rings. The number of rotatable bonds is 6. The molecule has 1 saturated carbocycles. The number of aliphatic carboxylic acids is 1. The average Bonchev–Trinajstić information content (AvgIpc) is 3.53. The highest BCUT2D eigenvalue weighted by Gasteiger charge is 2.44. The molecule has 1 aromatic carbocycles. The first-order valence-electron chi connectivity index (χ1n) is 16.4. The molecule has 1 unspecified atom stereocenters. The summed E-state index contributed by atoms with van der Waals surface area (Å²) in [7, 11) is 1.71. The molecule has 242 valence electrons. The molecule has 12 nitrogen and oxygen atoms in total. The predicted molar refractivity (Wildman–Crippen MR) is 164 cm³/mol. The van der Waals surface area contributed by atoms with E-state index in [-0.39, 0.29) is 35.9 Å². The summed E-state index contributed by atoms with van der Waals surface area (Å²) in [6, 6.07) is 4.38. The molecule has 4 aliphatic rings. The maximum Gasteiger partial charge on any atom is 0.329 e. The van der Waals surface area contributed by atoms with Crippen molar-refractivity contribution in [1.82, 2.24) is 24.3 Å². The number of hydrogen-bond acceptors (Lipinski definition) is 6. The van der Waals surface area contributed by atoms with E-state index in [1.54, 1.807) is 23.4 Å². The van der Waals surface area contributed by atoms with Gasteiger partial charge in [-0.15, -0.1) is 0 Å². The zero-order chi connectivity index (χ0) is 32.0. The minimum Gasteiger partial charge on any atom is -0.480 e. The fourth-order valence-corrected chi connectivity index (χ4v) is 8.14. The molecule has 3 aliphatic heterocycles. The Morgan fingerprint density at radius 2 is 1.67 bits per heavy atom. The number of nitrogens with one attached hydrogen (secondary N) is 1. The van der Waals surface area contributed by atoms with Gasteiger partial charge in [0.2, 0.25) is 23.6 Å². The van der Waals surface area contributed by atoms with Crippen molar-refractivity contribution in [2.45, 2.75) is 95.7 Å². The third kappa shape index (κ3) is 6.03. The third-order valence-electron chi connectivity index (χ3n) is 10.7. The van der Waals surface area contributed by atoms with Gasteiger partial charge in [-0.25, -0.2) is 9.59 Å². The van der Waals surface area contributed by atoms with Crippen molar-refractivity contribution in [1.29, 1.82) is 0 Å². The highest BCUT2D eigenvalue weighted by Crippen LogP contribution is 2.35. The zero-order valence-electron chi connectivity index (χ0n) is 26.1. The Morgan fingerprint density at radius 3 is 2.38 bits per heavy atom. The van der Waals surface area contributed by atoms with E-state index in [0.29, 0.717) is 62.5 Å². The van der Waals surface area contributed by atoms with Gasteiger partial charge >= 0.3 is 11.7 Å². The largest absolute Gasteiger partial charge is 0.480 e. The van der Waals surface area contributed by atoms with E-state index in [1.165, 1.54) is 4.57 Å². The number of aryl methyl sites for hydroxylation is 1. The van der Waals surface area contributed by atoms with Crippen molar-refractivity contribution in [2.24, 2.45) is 24.8 Å². The van der Waals surface area contributed by atoms with Crippen LogP contribution in [0.15, 0.2) is 23.0 Å². The van der Waals surface area contributed by atoms with Crippen molar-refractivity contribution in [3.63, 3.8) is 0 Å². The van der Waals surface area contributed by atoms with Crippen LogP contribution in [0.25, 0.3) is 11.0 Å². The molecule has 12 heteroatoms. The van der Waals surface area contributed by atoms with Crippen LogP contribution in [0.5, 0.6) is 0 Å². The molecule has 0 radical (unpaired) electrons. The van der Waals surface area contributed by atoms with E-state index in [0.717, 1.165) is 43.2 Å². The zero-order valence-corrected chi connectivity index (χ0v) is 26.1. The minimum absolute atomic E-state index is 0.0891. The van der Waals surface area contributed by atoms with Crippen LogP contribution in [0.2, 0.25) is 0 Å². The number of carbonyl (C=O) groups is 5. The minimum atomic E-state index is -0.947. The Hall–Kier alpha value is -3.96. The molecule has 1 aromatic heterocycles. The van der Waals surface area contributed by atoms with E-state index < -0.39 is 29.9 Å². The molecule has 6 rings (SSSR count). The SMILES string of the molecule is C[C@H]1CN(C(=O)CC2CCC(Cc3ccc4c(c3)n(C)c(=O)n4C3CCC(=O)NC3=O)CC2)CC[C@H]2CC[C@@H](C(=O)O)N2C1=O. The Morgan fingerprint density at radius 1 is 0.933 bits per heavy atom. The van der Waals surface area contributed by atoms with E-state index in [9.17, 15) is 33.9 Å². The van der Waals surface area contributed by atoms with Gasteiger partial charge in [-0.2, -0.15) is 0 Å². The number of hydrogen-bond donors (Lipinski definition) is 2. The maximum absolute atomic E-state index is 13.4. The molecular formula is C33H43N5O7. The number of carbonyl (C=O) groups excluding carboxylic acids is 4. The van der Waals surface area contributed by atoms with Gasteiger partial charge in [-0.1, -0.05) is 13.0 Å². The second-order valence-electron chi connectivity index (χ2n) is 13.7. The summed E-state index contributed by atoms with van der Waals surface area (Å²) in [5.41, 5.74) is 2.31. The smallest absolute Gasteiger partial charge is 0.329 e. The number of amides is 4. The topological polar surface area (TPSA) is 151 Å². The van der Waals surface area contributed by atoms with Gasteiger partial charge in [0.15, 0.2) is 0 Å². The van der Waals surface area contributed by atoms with E-state index in [4.69, 9.17) is 0 Å². The number of piperidine rings is 1. The summed E-state index contributed by atoms with van der Waals surface area (Å²) >= 11 is 0. The quantitative estimate of drug-likeness (QED) is 0.470. The van der Waals surface area contributed by atoms with Gasteiger partial charge in [0.25, 0.3) is 0 Å². The van der Waals surface area contributed by atoms with Gasteiger partial charge in [-0.05, 0) is 87.3 Å². The first-order chi connectivity index (χ1) is 21.5. The molecule has 4 fully saturated rings. The summed E-state index contributed by atoms with van der Waals surface area (Å²) in [6.07, 6.45) is 7.54. The molecule has 4 heterocycles. The number of fused-ring (bicyclic) bond motifs is 2. The second-order valence-corrected chi connectivity index (χ2v) is 13.7. The van der Waals surface area contributed by atoms with Crippen LogP contribution in [0.1, 0.15) is 82.7 Å². The van der Waals surface area contributed by atoms with Crippen molar-refractivity contribution in [3.05, 3.63) is 34.2 Å². The number of imide groups is 1. The average molecular weight is 622 g/mol. The lowest BCUT2D eigenvalue weighted by Crippen LogP contribution is -2.52. The molecule has 0 spiro atoms. The Bertz CT molecular complexity index is 1590. The lowest BCUT2D eigenvalue weighted by molar-refractivity contribution is -0.153. The standard InChI is InChI=1S/C33H43N5O7/c1-19-18-36(14-13-23-8-10-26(32(43)44)37(23)31(19)42)29(40)17-21-5-3-20(4-6-21)15-22-7-9-24-27(16-22)35(2)33(45)38(24)25-11-12-28(39)34-30(25)41/h7,9,16,19-21,23,25-26H,3-6,8,10-15,17-18H2,1-2H3,(H,43,44)(H,34,39,41)/t19-,20?,21?,23+,25?,26-/m0/s1. The van der Waals surface area contributed by atoms with E-state index >= 15 is 0 Å². The Kier molecular flexibility index (Phi) is 8.58. The van der Waals surface area contributed by atoms with Crippen LogP contribution in [0.3, 0.4) is 0 Å². The normalized spacial score (nSPS) is 29.3. The molecule has 2 N–H and O–H groups in total. The molecule has 4 amide bonds. The van der Waals surface area contributed by atoms with Gasteiger partial charge in [-0.3, -0.25) is 33.6 Å². The summed E-state index contributed by atoms with van der Waals surface area (Å²) in [5, 5.41) is 11.9. The summed E-state index contributed by atoms with van der Waals surface area (Å²) in [6.45, 7) is 2.68. The third-order valence-corrected chi connectivity index (χ3v) is 10.7. The Balaban J connectivity index is 1.04. The van der Waals surface area contributed by atoms with Crippen LogP contribution in [-0.2, 0) is 37.4 Å². The first-order valence-corrected chi connectivity index (χ1v) is 16.4.